The van der Waals surface area contributed by atoms with Crippen molar-refractivity contribution in [2.45, 2.75) is 52.0 Å². The zero-order valence-electron chi connectivity index (χ0n) is 11.0. The SMILES string of the molecule is CCC1CCC(NCCN2CCCC2)C1C. The van der Waals surface area contributed by atoms with E-state index in [2.05, 4.69) is 24.1 Å². The second kappa shape index (κ2) is 6.02. The van der Waals surface area contributed by atoms with Crippen LogP contribution in [0.4, 0.5) is 0 Å². The van der Waals surface area contributed by atoms with Crippen molar-refractivity contribution in [2.24, 2.45) is 11.8 Å². The number of likely N-dealkylation sites (tertiary alicyclic amines) is 1. The van der Waals surface area contributed by atoms with Gasteiger partial charge >= 0.3 is 0 Å². The summed E-state index contributed by atoms with van der Waals surface area (Å²) in [6.07, 6.45) is 7.04. The molecule has 0 radical (unpaired) electrons. The van der Waals surface area contributed by atoms with Crippen molar-refractivity contribution in [3.63, 3.8) is 0 Å². The molecule has 0 spiro atoms. The van der Waals surface area contributed by atoms with E-state index in [1.165, 1.54) is 58.3 Å². The molecular weight excluding hydrogens is 196 g/mol. The predicted octanol–water partition coefficient (Wildman–Crippen LogP) is 2.50. The van der Waals surface area contributed by atoms with Crippen LogP contribution >= 0.6 is 0 Å². The van der Waals surface area contributed by atoms with Crippen molar-refractivity contribution in [3.8, 4) is 0 Å². The van der Waals surface area contributed by atoms with Crippen molar-refractivity contribution in [3.05, 3.63) is 0 Å². The summed E-state index contributed by atoms with van der Waals surface area (Å²) in [5, 5.41) is 3.78. The van der Waals surface area contributed by atoms with Crippen LogP contribution in [0.2, 0.25) is 0 Å². The highest BCUT2D eigenvalue weighted by molar-refractivity contribution is 4.86. The maximum atomic E-state index is 3.78. The van der Waals surface area contributed by atoms with Crippen molar-refractivity contribution in [1.82, 2.24) is 10.2 Å². The number of hydrogen-bond acceptors (Lipinski definition) is 2. The molecule has 2 nitrogen and oxygen atoms in total. The maximum Gasteiger partial charge on any atom is 0.0107 e. The molecule has 1 N–H and O–H groups in total. The Bertz CT molecular complexity index is 199. The maximum absolute atomic E-state index is 3.78. The first kappa shape index (κ1) is 12.4. The highest BCUT2D eigenvalue weighted by atomic mass is 15.2. The van der Waals surface area contributed by atoms with E-state index in [0.29, 0.717) is 0 Å². The van der Waals surface area contributed by atoms with E-state index in [4.69, 9.17) is 0 Å². The molecule has 1 saturated carbocycles. The third-order valence-corrected chi connectivity index (χ3v) is 4.78. The van der Waals surface area contributed by atoms with Gasteiger partial charge in [0.15, 0.2) is 0 Å². The molecule has 2 aliphatic rings. The van der Waals surface area contributed by atoms with Gasteiger partial charge in [0.25, 0.3) is 0 Å². The zero-order chi connectivity index (χ0) is 11.4. The largest absolute Gasteiger partial charge is 0.312 e. The average molecular weight is 224 g/mol. The molecule has 0 aromatic carbocycles. The Morgan fingerprint density at radius 3 is 2.56 bits per heavy atom. The summed E-state index contributed by atoms with van der Waals surface area (Å²) in [7, 11) is 0. The molecule has 3 atom stereocenters. The lowest BCUT2D eigenvalue weighted by atomic mass is 9.93. The Morgan fingerprint density at radius 1 is 1.19 bits per heavy atom. The molecular formula is C14H28N2. The van der Waals surface area contributed by atoms with Crippen LogP contribution in [0.5, 0.6) is 0 Å². The molecule has 94 valence electrons. The van der Waals surface area contributed by atoms with E-state index >= 15 is 0 Å². The zero-order valence-corrected chi connectivity index (χ0v) is 11.0. The van der Waals surface area contributed by atoms with Gasteiger partial charge in [-0.2, -0.15) is 0 Å². The summed E-state index contributed by atoms with van der Waals surface area (Å²) < 4.78 is 0. The smallest absolute Gasteiger partial charge is 0.0107 e. The summed E-state index contributed by atoms with van der Waals surface area (Å²) >= 11 is 0. The average Bonchev–Trinajstić information content (AvgIpc) is 2.90. The predicted molar refractivity (Wildman–Crippen MR) is 69.6 cm³/mol. The summed E-state index contributed by atoms with van der Waals surface area (Å²) in [5.41, 5.74) is 0. The van der Waals surface area contributed by atoms with E-state index in [0.717, 1.165) is 17.9 Å². The fraction of sp³-hybridized carbons (Fsp3) is 1.00. The van der Waals surface area contributed by atoms with Gasteiger partial charge in [-0.05, 0) is 50.6 Å². The molecule has 1 saturated heterocycles. The third kappa shape index (κ3) is 2.98. The molecule has 2 rings (SSSR count). The molecule has 2 heteroatoms. The first-order chi connectivity index (χ1) is 7.81. The van der Waals surface area contributed by atoms with Gasteiger partial charge in [-0.15, -0.1) is 0 Å². The molecule has 0 aromatic rings. The van der Waals surface area contributed by atoms with Crippen molar-refractivity contribution in [2.75, 3.05) is 26.2 Å². The quantitative estimate of drug-likeness (QED) is 0.772. The normalized spacial score (nSPS) is 36.0. The Morgan fingerprint density at radius 2 is 1.94 bits per heavy atom. The molecule has 1 aliphatic carbocycles. The summed E-state index contributed by atoms with van der Waals surface area (Å²) in [4.78, 5) is 2.60. The lowest BCUT2D eigenvalue weighted by Crippen LogP contribution is -2.38. The van der Waals surface area contributed by atoms with Gasteiger partial charge in [0.2, 0.25) is 0 Å². The molecule has 0 bridgehead atoms. The van der Waals surface area contributed by atoms with Gasteiger partial charge in [0.05, 0.1) is 0 Å². The van der Waals surface area contributed by atoms with Crippen molar-refractivity contribution < 1.29 is 0 Å². The lowest BCUT2D eigenvalue weighted by Gasteiger charge is -2.22. The van der Waals surface area contributed by atoms with Crippen LogP contribution in [0.3, 0.4) is 0 Å². The molecule has 3 unspecified atom stereocenters. The van der Waals surface area contributed by atoms with E-state index in [1.807, 2.05) is 0 Å². The van der Waals surface area contributed by atoms with Gasteiger partial charge in [-0.1, -0.05) is 20.3 Å². The van der Waals surface area contributed by atoms with Crippen LogP contribution in [0.15, 0.2) is 0 Å². The van der Waals surface area contributed by atoms with E-state index in [9.17, 15) is 0 Å². The van der Waals surface area contributed by atoms with Gasteiger partial charge in [-0.25, -0.2) is 0 Å². The van der Waals surface area contributed by atoms with Crippen LogP contribution in [0.1, 0.15) is 46.0 Å². The van der Waals surface area contributed by atoms with Gasteiger partial charge in [0, 0.05) is 19.1 Å². The fourth-order valence-electron chi connectivity index (χ4n) is 3.53. The number of rotatable bonds is 5. The standard InChI is InChI=1S/C14H28N2/c1-3-13-6-7-14(12(13)2)15-8-11-16-9-4-5-10-16/h12-15H,3-11H2,1-2H3. The minimum Gasteiger partial charge on any atom is -0.312 e. The lowest BCUT2D eigenvalue weighted by molar-refractivity contribution is 0.303. The molecule has 2 fully saturated rings. The summed E-state index contributed by atoms with van der Waals surface area (Å²) in [6.45, 7) is 9.91. The van der Waals surface area contributed by atoms with Crippen LogP contribution in [-0.4, -0.2) is 37.1 Å². The highest BCUT2D eigenvalue weighted by Crippen LogP contribution is 2.33. The monoisotopic (exact) mass is 224 g/mol. The second-order valence-electron chi connectivity index (χ2n) is 5.71. The Balaban J connectivity index is 1.62. The molecule has 1 heterocycles. The number of nitrogens with zero attached hydrogens (tertiary/aromatic N) is 1. The molecule has 1 aliphatic heterocycles. The minimum atomic E-state index is 0.799. The molecule has 0 aromatic heterocycles. The van der Waals surface area contributed by atoms with E-state index in [-0.39, 0.29) is 0 Å². The van der Waals surface area contributed by atoms with E-state index < -0.39 is 0 Å². The van der Waals surface area contributed by atoms with Crippen LogP contribution < -0.4 is 5.32 Å². The number of hydrogen-bond donors (Lipinski definition) is 1. The van der Waals surface area contributed by atoms with Crippen molar-refractivity contribution in [1.29, 1.82) is 0 Å². The Hall–Kier alpha value is -0.0800. The Labute approximate surface area is 101 Å². The Kier molecular flexibility index (Phi) is 4.66. The topological polar surface area (TPSA) is 15.3 Å². The van der Waals surface area contributed by atoms with Gasteiger partial charge in [-0.3, -0.25) is 0 Å². The van der Waals surface area contributed by atoms with Gasteiger partial charge < -0.3 is 10.2 Å². The summed E-state index contributed by atoms with van der Waals surface area (Å²) in [6, 6.07) is 0.799. The second-order valence-corrected chi connectivity index (χ2v) is 5.71. The molecule has 16 heavy (non-hydrogen) atoms. The number of nitrogens with one attached hydrogen (secondary N) is 1. The fourth-order valence-corrected chi connectivity index (χ4v) is 3.53. The minimum absolute atomic E-state index is 0.799. The van der Waals surface area contributed by atoms with Crippen molar-refractivity contribution >= 4 is 0 Å². The van der Waals surface area contributed by atoms with Crippen LogP contribution in [-0.2, 0) is 0 Å². The molecule has 0 amide bonds. The third-order valence-electron chi connectivity index (χ3n) is 4.78. The van der Waals surface area contributed by atoms with E-state index in [1.54, 1.807) is 0 Å². The summed E-state index contributed by atoms with van der Waals surface area (Å²) in [5.74, 6) is 1.87. The highest BCUT2D eigenvalue weighted by Gasteiger charge is 2.30. The first-order valence-corrected chi connectivity index (χ1v) is 7.27. The van der Waals surface area contributed by atoms with Crippen LogP contribution in [0.25, 0.3) is 0 Å². The van der Waals surface area contributed by atoms with Gasteiger partial charge in [0.1, 0.15) is 0 Å². The van der Waals surface area contributed by atoms with Crippen LogP contribution in [0, 0.1) is 11.8 Å². The first-order valence-electron chi connectivity index (χ1n) is 7.27.